The van der Waals surface area contributed by atoms with Crippen LogP contribution in [0.5, 0.6) is 0 Å². The van der Waals surface area contributed by atoms with Crippen LogP contribution in [0.15, 0.2) is 24.3 Å². The number of rotatable bonds is 4. The molecule has 2 rings (SSSR count). The van der Waals surface area contributed by atoms with Gasteiger partial charge in [0.1, 0.15) is 0 Å². The van der Waals surface area contributed by atoms with Crippen molar-refractivity contribution in [1.29, 1.82) is 0 Å². The van der Waals surface area contributed by atoms with Gasteiger partial charge in [0.05, 0.1) is 5.56 Å². The van der Waals surface area contributed by atoms with Crippen LogP contribution in [0.4, 0.5) is 0 Å². The SMILES string of the molecule is NC(CC1CC1)c1ccc(C(=O)O)cc1. The molecule has 0 radical (unpaired) electrons. The first-order valence-corrected chi connectivity index (χ1v) is 5.25. The summed E-state index contributed by atoms with van der Waals surface area (Å²) in [5.41, 5.74) is 7.37. The molecular weight excluding hydrogens is 190 g/mol. The van der Waals surface area contributed by atoms with Crippen molar-refractivity contribution in [2.45, 2.75) is 25.3 Å². The Balaban J connectivity index is 2.04. The zero-order valence-electron chi connectivity index (χ0n) is 8.52. The lowest BCUT2D eigenvalue weighted by molar-refractivity contribution is 0.0697. The third-order valence-corrected chi connectivity index (χ3v) is 2.87. The monoisotopic (exact) mass is 205 g/mol. The molecule has 0 amide bonds. The van der Waals surface area contributed by atoms with E-state index in [4.69, 9.17) is 10.8 Å². The second kappa shape index (κ2) is 4.03. The van der Waals surface area contributed by atoms with E-state index in [0.29, 0.717) is 5.56 Å². The molecule has 15 heavy (non-hydrogen) atoms. The molecule has 80 valence electrons. The van der Waals surface area contributed by atoms with Crippen molar-refractivity contribution in [3.05, 3.63) is 35.4 Å². The smallest absolute Gasteiger partial charge is 0.335 e. The average molecular weight is 205 g/mol. The molecule has 1 fully saturated rings. The van der Waals surface area contributed by atoms with Gasteiger partial charge >= 0.3 is 5.97 Å². The lowest BCUT2D eigenvalue weighted by Crippen LogP contribution is -2.11. The lowest BCUT2D eigenvalue weighted by atomic mass is 10.0. The Morgan fingerprint density at radius 1 is 1.40 bits per heavy atom. The van der Waals surface area contributed by atoms with Crippen LogP contribution in [0.25, 0.3) is 0 Å². The van der Waals surface area contributed by atoms with Gasteiger partial charge in [-0.3, -0.25) is 0 Å². The van der Waals surface area contributed by atoms with E-state index in [0.717, 1.165) is 17.9 Å². The van der Waals surface area contributed by atoms with Crippen LogP contribution in [-0.2, 0) is 0 Å². The van der Waals surface area contributed by atoms with Crippen molar-refractivity contribution in [3.8, 4) is 0 Å². The number of benzene rings is 1. The van der Waals surface area contributed by atoms with Gasteiger partial charge in [0.15, 0.2) is 0 Å². The number of carboxylic acid groups (broad SMARTS) is 1. The summed E-state index contributed by atoms with van der Waals surface area (Å²) in [5.74, 6) is -0.100. The second-order valence-corrected chi connectivity index (χ2v) is 4.21. The van der Waals surface area contributed by atoms with Crippen LogP contribution >= 0.6 is 0 Å². The highest BCUT2D eigenvalue weighted by atomic mass is 16.4. The van der Waals surface area contributed by atoms with Crippen LogP contribution < -0.4 is 5.73 Å². The van der Waals surface area contributed by atoms with Gasteiger partial charge in [-0.25, -0.2) is 4.79 Å². The Morgan fingerprint density at radius 3 is 2.47 bits per heavy atom. The quantitative estimate of drug-likeness (QED) is 0.791. The van der Waals surface area contributed by atoms with E-state index in [2.05, 4.69) is 0 Å². The molecule has 0 aromatic heterocycles. The Hall–Kier alpha value is -1.35. The molecule has 1 unspecified atom stereocenters. The van der Waals surface area contributed by atoms with Gasteiger partial charge in [0.2, 0.25) is 0 Å². The minimum absolute atomic E-state index is 0.0559. The van der Waals surface area contributed by atoms with Crippen LogP contribution in [0.2, 0.25) is 0 Å². The van der Waals surface area contributed by atoms with Crippen LogP contribution in [0.3, 0.4) is 0 Å². The first-order valence-electron chi connectivity index (χ1n) is 5.25. The molecule has 1 aromatic rings. The predicted molar refractivity (Wildman–Crippen MR) is 57.7 cm³/mol. The molecule has 0 spiro atoms. The first kappa shape index (κ1) is 10.2. The van der Waals surface area contributed by atoms with Gasteiger partial charge in [-0.15, -0.1) is 0 Å². The van der Waals surface area contributed by atoms with Gasteiger partial charge in [0, 0.05) is 6.04 Å². The molecule has 3 heteroatoms. The van der Waals surface area contributed by atoms with Gasteiger partial charge < -0.3 is 10.8 Å². The second-order valence-electron chi connectivity index (χ2n) is 4.21. The van der Waals surface area contributed by atoms with Crippen molar-refractivity contribution >= 4 is 5.97 Å². The first-order chi connectivity index (χ1) is 7.16. The highest BCUT2D eigenvalue weighted by Crippen LogP contribution is 2.36. The van der Waals surface area contributed by atoms with E-state index in [9.17, 15) is 4.79 Å². The van der Waals surface area contributed by atoms with Crippen molar-refractivity contribution in [3.63, 3.8) is 0 Å². The van der Waals surface area contributed by atoms with Gasteiger partial charge in [-0.2, -0.15) is 0 Å². The van der Waals surface area contributed by atoms with E-state index in [-0.39, 0.29) is 6.04 Å². The number of hydrogen-bond acceptors (Lipinski definition) is 2. The minimum Gasteiger partial charge on any atom is -0.478 e. The van der Waals surface area contributed by atoms with Crippen molar-refractivity contribution in [2.75, 3.05) is 0 Å². The molecule has 1 saturated carbocycles. The topological polar surface area (TPSA) is 63.3 Å². The third kappa shape index (κ3) is 2.57. The summed E-state index contributed by atoms with van der Waals surface area (Å²) in [7, 11) is 0. The summed E-state index contributed by atoms with van der Waals surface area (Å²) < 4.78 is 0. The zero-order valence-corrected chi connectivity index (χ0v) is 8.52. The van der Waals surface area contributed by atoms with Gasteiger partial charge in [0.25, 0.3) is 0 Å². The fourth-order valence-corrected chi connectivity index (χ4v) is 1.72. The maximum Gasteiger partial charge on any atom is 0.335 e. The standard InChI is InChI=1S/C12H15NO2/c13-11(7-8-1-2-8)9-3-5-10(6-4-9)12(14)15/h3-6,8,11H,1-2,7,13H2,(H,14,15). The normalized spacial score (nSPS) is 17.4. The Bertz CT molecular complexity index is 354. The molecule has 0 heterocycles. The third-order valence-electron chi connectivity index (χ3n) is 2.87. The lowest BCUT2D eigenvalue weighted by Gasteiger charge is -2.11. The Kier molecular flexibility index (Phi) is 2.73. The van der Waals surface area contributed by atoms with Crippen molar-refractivity contribution < 1.29 is 9.90 Å². The molecular formula is C12H15NO2. The van der Waals surface area contributed by atoms with Crippen molar-refractivity contribution in [2.24, 2.45) is 11.7 Å². The number of hydrogen-bond donors (Lipinski definition) is 2. The van der Waals surface area contributed by atoms with E-state index in [1.165, 1.54) is 12.8 Å². The fourth-order valence-electron chi connectivity index (χ4n) is 1.72. The van der Waals surface area contributed by atoms with Gasteiger partial charge in [-0.05, 0) is 30.0 Å². The summed E-state index contributed by atoms with van der Waals surface area (Å²) in [6, 6.07) is 6.92. The van der Waals surface area contributed by atoms with E-state index < -0.39 is 5.97 Å². The number of aromatic carboxylic acids is 1. The highest BCUT2D eigenvalue weighted by Gasteiger charge is 2.24. The molecule has 0 bridgehead atoms. The largest absolute Gasteiger partial charge is 0.478 e. The summed E-state index contributed by atoms with van der Waals surface area (Å²) in [6.45, 7) is 0. The van der Waals surface area contributed by atoms with Gasteiger partial charge in [-0.1, -0.05) is 25.0 Å². The maximum absolute atomic E-state index is 10.6. The van der Waals surface area contributed by atoms with Crippen LogP contribution in [-0.4, -0.2) is 11.1 Å². The summed E-state index contributed by atoms with van der Waals surface area (Å²) in [4.78, 5) is 10.6. The predicted octanol–water partition coefficient (Wildman–Crippen LogP) is 2.18. The molecule has 1 aromatic carbocycles. The molecule has 0 saturated heterocycles. The Morgan fingerprint density at radius 2 is 2.00 bits per heavy atom. The van der Waals surface area contributed by atoms with E-state index >= 15 is 0 Å². The van der Waals surface area contributed by atoms with E-state index in [1.807, 2.05) is 12.1 Å². The Labute approximate surface area is 88.9 Å². The molecule has 1 aliphatic carbocycles. The summed E-state index contributed by atoms with van der Waals surface area (Å²) in [6.07, 6.45) is 3.61. The summed E-state index contributed by atoms with van der Waals surface area (Å²) >= 11 is 0. The number of carbonyl (C=O) groups is 1. The highest BCUT2D eigenvalue weighted by molar-refractivity contribution is 5.87. The zero-order chi connectivity index (χ0) is 10.8. The fraction of sp³-hybridized carbons (Fsp3) is 0.417. The maximum atomic E-state index is 10.6. The molecule has 0 aliphatic heterocycles. The molecule has 3 nitrogen and oxygen atoms in total. The van der Waals surface area contributed by atoms with Crippen LogP contribution in [0, 0.1) is 5.92 Å². The molecule has 3 N–H and O–H groups in total. The molecule has 1 atom stereocenters. The molecule has 1 aliphatic rings. The minimum atomic E-state index is -0.891. The summed E-state index contributed by atoms with van der Waals surface area (Å²) in [5, 5.41) is 8.74. The number of carboxylic acids is 1. The number of nitrogens with two attached hydrogens (primary N) is 1. The van der Waals surface area contributed by atoms with Crippen LogP contribution in [0.1, 0.15) is 41.2 Å². The average Bonchev–Trinajstić information content (AvgIpc) is 3.02. The van der Waals surface area contributed by atoms with E-state index in [1.54, 1.807) is 12.1 Å². The van der Waals surface area contributed by atoms with Crippen molar-refractivity contribution in [1.82, 2.24) is 0 Å².